The molecule has 0 unspecified atom stereocenters. The summed E-state index contributed by atoms with van der Waals surface area (Å²) in [6, 6.07) is 10.9. The molecule has 7 nitrogen and oxygen atoms in total. The minimum Gasteiger partial charge on any atom is -0.486 e. The zero-order valence-corrected chi connectivity index (χ0v) is 18.5. The monoisotopic (exact) mass is 457 g/mol. The number of thioether (sulfide) groups is 1. The number of ether oxygens (including phenoxy) is 2. The first-order chi connectivity index (χ1) is 15.1. The minimum atomic E-state index is -0.113. The molecule has 1 fully saturated rings. The van der Waals surface area contributed by atoms with E-state index in [1.54, 1.807) is 24.3 Å². The lowest BCUT2D eigenvalue weighted by atomic mass is 9.83. The highest BCUT2D eigenvalue weighted by Gasteiger charge is 2.35. The van der Waals surface area contributed by atoms with Crippen molar-refractivity contribution in [1.29, 1.82) is 0 Å². The Morgan fingerprint density at radius 2 is 1.97 bits per heavy atom. The number of piperidine rings is 1. The molecule has 1 amide bonds. The molecule has 2 aromatic rings. The number of rotatable bonds is 3. The van der Waals surface area contributed by atoms with E-state index >= 15 is 0 Å². The van der Waals surface area contributed by atoms with Crippen LogP contribution in [-0.2, 0) is 11.3 Å². The van der Waals surface area contributed by atoms with E-state index in [-0.39, 0.29) is 17.2 Å². The van der Waals surface area contributed by atoms with Crippen LogP contribution in [-0.4, -0.2) is 51.8 Å². The molecule has 0 saturated carbocycles. The Kier molecular flexibility index (Phi) is 5.62. The number of aromatic nitrogens is 1. The van der Waals surface area contributed by atoms with Gasteiger partial charge in [-0.1, -0.05) is 30.0 Å². The fourth-order valence-electron chi connectivity index (χ4n) is 4.58. The molecule has 1 aromatic heterocycles. The Hall–Kier alpha value is -2.52. The molecular formula is C22H23N3O4S2. The molecule has 5 rings (SSSR count). The Morgan fingerprint density at radius 1 is 1.13 bits per heavy atom. The number of hydrogen-bond acceptors (Lipinski definition) is 6. The summed E-state index contributed by atoms with van der Waals surface area (Å²) in [6.45, 7) is 3.39. The zero-order chi connectivity index (χ0) is 21.4. The Labute approximate surface area is 189 Å². The first kappa shape index (κ1) is 20.4. The largest absolute Gasteiger partial charge is 0.486 e. The van der Waals surface area contributed by atoms with Crippen molar-refractivity contribution in [2.24, 2.45) is 5.92 Å². The second kappa shape index (κ2) is 8.55. The zero-order valence-electron chi connectivity index (χ0n) is 16.9. The lowest BCUT2D eigenvalue weighted by Crippen LogP contribution is -2.48. The number of amides is 1. The average molecular weight is 458 g/mol. The number of fused-ring (bicyclic) bond motifs is 5. The second-order valence-electron chi connectivity index (χ2n) is 8.06. The molecule has 9 heteroatoms. The van der Waals surface area contributed by atoms with E-state index in [0.717, 1.165) is 36.1 Å². The third kappa shape index (κ3) is 4.29. The lowest BCUT2D eigenvalue weighted by Gasteiger charge is -2.43. The van der Waals surface area contributed by atoms with Crippen LogP contribution in [0.15, 0.2) is 41.2 Å². The molecule has 3 aliphatic heterocycles. The Bertz CT molecular complexity index is 1090. The van der Waals surface area contributed by atoms with Gasteiger partial charge in [-0.2, -0.15) is 0 Å². The van der Waals surface area contributed by atoms with E-state index < -0.39 is 0 Å². The second-order valence-corrected chi connectivity index (χ2v) is 9.67. The van der Waals surface area contributed by atoms with Crippen LogP contribution in [0.5, 0.6) is 11.5 Å². The van der Waals surface area contributed by atoms with Crippen molar-refractivity contribution in [1.82, 2.24) is 9.47 Å². The van der Waals surface area contributed by atoms with E-state index in [9.17, 15) is 9.59 Å². The molecule has 0 aliphatic carbocycles. The summed E-state index contributed by atoms with van der Waals surface area (Å²) < 4.78 is 13.7. The van der Waals surface area contributed by atoms with Crippen molar-refractivity contribution < 1.29 is 14.3 Å². The summed E-state index contributed by atoms with van der Waals surface area (Å²) in [4.78, 5) is 26.8. The third-order valence-corrected chi connectivity index (χ3v) is 7.41. The topological polar surface area (TPSA) is 72.8 Å². The normalized spacial score (nSPS) is 21.2. The van der Waals surface area contributed by atoms with Crippen molar-refractivity contribution in [3.8, 4) is 11.5 Å². The lowest BCUT2D eigenvalue weighted by molar-refractivity contribution is -0.113. The number of likely N-dealkylation sites (tertiary alicyclic amines) is 1. The summed E-state index contributed by atoms with van der Waals surface area (Å²) in [5.74, 6) is 2.17. The standard InChI is InChI=1S/C22H23N3O4S2/c26-20(23-16-4-5-18-19(9-16)29-7-6-28-18)13-31-22(30)24-10-14-8-15(12-24)17-2-1-3-21(27)25(17)11-14/h1-5,9,14-15H,6-8,10-13H2,(H,23,26)/t14-,15-/m0/s1. The van der Waals surface area contributed by atoms with E-state index in [4.69, 9.17) is 21.7 Å². The Balaban J connectivity index is 1.17. The van der Waals surface area contributed by atoms with Crippen LogP contribution in [0.25, 0.3) is 0 Å². The van der Waals surface area contributed by atoms with Gasteiger partial charge in [-0.25, -0.2) is 0 Å². The van der Waals surface area contributed by atoms with E-state index in [1.807, 2.05) is 16.7 Å². The molecule has 0 spiro atoms. The van der Waals surface area contributed by atoms with Crippen LogP contribution < -0.4 is 20.3 Å². The van der Waals surface area contributed by atoms with Gasteiger partial charge in [0.05, 0.1) is 5.75 Å². The number of thiocarbonyl (C=S) groups is 1. The summed E-state index contributed by atoms with van der Waals surface area (Å²) in [5.41, 5.74) is 1.85. The van der Waals surface area contributed by atoms with Crippen molar-refractivity contribution in [2.45, 2.75) is 18.9 Å². The van der Waals surface area contributed by atoms with Gasteiger partial charge in [0.1, 0.15) is 17.5 Å². The van der Waals surface area contributed by atoms with Crippen LogP contribution >= 0.6 is 24.0 Å². The number of nitrogens with one attached hydrogen (secondary N) is 1. The van der Waals surface area contributed by atoms with Gasteiger partial charge in [0.25, 0.3) is 5.56 Å². The number of pyridine rings is 1. The van der Waals surface area contributed by atoms with Crippen LogP contribution in [0, 0.1) is 5.92 Å². The number of nitrogens with zero attached hydrogens (tertiary/aromatic N) is 2. The summed E-state index contributed by atoms with van der Waals surface area (Å²) in [7, 11) is 0. The minimum absolute atomic E-state index is 0.0772. The molecule has 4 heterocycles. The van der Waals surface area contributed by atoms with Gasteiger partial charge in [-0.3, -0.25) is 9.59 Å². The number of hydrogen-bond donors (Lipinski definition) is 1. The molecule has 2 bridgehead atoms. The SMILES string of the molecule is O=C(CSC(=S)N1C[C@@H]2C[C@@H](C1)c1cccc(=O)n1C2)Nc1ccc2c(c1)OCCO2. The van der Waals surface area contributed by atoms with Gasteiger partial charge in [0.2, 0.25) is 5.91 Å². The van der Waals surface area contributed by atoms with Gasteiger partial charge in [0, 0.05) is 49.1 Å². The number of carbonyl (C=O) groups excluding carboxylic acids is 1. The van der Waals surface area contributed by atoms with Gasteiger partial charge in [0.15, 0.2) is 11.5 Å². The first-order valence-corrected chi connectivity index (χ1v) is 11.8. The maximum atomic E-state index is 12.4. The number of carbonyl (C=O) groups is 1. The molecule has 1 aromatic carbocycles. The molecule has 31 heavy (non-hydrogen) atoms. The quantitative estimate of drug-likeness (QED) is 0.711. The van der Waals surface area contributed by atoms with Crippen LogP contribution in [0.2, 0.25) is 0 Å². The molecule has 0 radical (unpaired) electrons. The summed E-state index contributed by atoms with van der Waals surface area (Å²) in [6.07, 6.45) is 1.08. The predicted octanol–water partition coefficient (Wildman–Crippen LogP) is 2.70. The van der Waals surface area contributed by atoms with Crippen LogP contribution in [0.4, 0.5) is 5.69 Å². The van der Waals surface area contributed by atoms with Crippen molar-refractivity contribution in [3.05, 3.63) is 52.4 Å². The van der Waals surface area contributed by atoms with Crippen molar-refractivity contribution in [2.75, 3.05) is 37.4 Å². The highest BCUT2D eigenvalue weighted by Crippen LogP contribution is 2.36. The number of benzene rings is 1. The molecule has 3 aliphatic rings. The number of anilines is 1. The van der Waals surface area contributed by atoms with Crippen molar-refractivity contribution in [3.63, 3.8) is 0 Å². The van der Waals surface area contributed by atoms with E-state index in [2.05, 4.69) is 10.2 Å². The predicted molar refractivity (Wildman–Crippen MR) is 124 cm³/mol. The average Bonchev–Trinajstić information content (AvgIpc) is 2.78. The molecule has 1 N–H and O–H groups in total. The smallest absolute Gasteiger partial charge is 0.250 e. The molecule has 162 valence electrons. The van der Waals surface area contributed by atoms with Gasteiger partial charge >= 0.3 is 0 Å². The van der Waals surface area contributed by atoms with Crippen LogP contribution in [0.3, 0.4) is 0 Å². The molecular weight excluding hydrogens is 434 g/mol. The molecule has 2 atom stereocenters. The first-order valence-electron chi connectivity index (χ1n) is 10.4. The summed E-state index contributed by atoms with van der Waals surface area (Å²) in [5, 5.41) is 2.90. The Morgan fingerprint density at radius 3 is 2.84 bits per heavy atom. The van der Waals surface area contributed by atoms with Crippen molar-refractivity contribution >= 4 is 39.9 Å². The fourth-order valence-corrected chi connectivity index (χ4v) is 5.57. The van der Waals surface area contributed by atoms with Gasteiger partial charge < -0.3 is 24.3 Å². The molecule has 1 saturated heterocycles. The third-order valence-electron chi connectivity index (χ3n) is 5.89. The summed E-state index contributed by atoms with van der Waals surface area (Å²) >= 11 is 7.03. The van der Waals surface area contributed by atoms with Gasteiger partial charge in [-0.05, 0) is 30.5 Å². The highest BCUT2D eigenvalue weighted by atomic mass is 32.2. The maximum absolute atomic E-state index is 12.4. The fraction of sp³-hybridized carbons (Fsp3) is 0.409. The van der Waals surface area contributed by atoms with Gasteiger partial charge in [-0.15, -0.1) is 0 Å². The van der Waals surface area contributed by atoms with Crippen LogP contribution in [0.1, 0.15) is 18.0 Å². The van der Waals surface area contributed by atoms with E-state index in [0.29, 0.717) is 42.2 Å². The maximum Gasteiger partial charge on any atom is 0.250 e. The highest BCUT2D eigenvalue weighted by molar-refractivity contribution is 8.23. The van der Waals surface area contributed by atoms with E-state index in [1.165, 1.54) is 11.8 Å².